The van der Waals surface area contributed by atoms with Gasteiger partial charge in [0.1, 0.15) is 6.04 Å². The number of hydrogen-bond acceptors (Lipinski definition) is 4. The summed E-state index contributed by atoms with van der Waals surface area (Å²) in [5, 5.41) is 14.5. The molecule has 0 aromatic heterocycles. The summed E-state index contributed by atoms with van der Waals surface area (Å²) in [6.07, 6.45) is 2.19. The van der Waals surface area contributed by atoms with Crippen LogP contribution in [0, 0.1) is 6.92 Å². The normalized spacial score (nSPS) is 11.5. The molecule has 0 saturated heterocycles. The molecule has 0 spiro atoms. The zero-order chi connectivity index (χ0) is 19.8. The van der Waals surface area contributed by atoms with Crippen LogP contribution in [0.25, 0.3) is 0 Å². The number of nitrogens with one attached hydrogen (secondary N) is 2. The first-order valence-corrected chi connectivity index (χ1v) is 9.81. The number of aliphatic carboxylic acids is 1. The van der Waals surface area contributed by atoms with Crippen LogP contribution in [-0.4, -0.2) is 40.9 Å². The van der Waals surface area contributed by atoms with E-state index in [0.717, 1.165) is 5.56 Å². The number of rotatable bonds is 8. The number of amides is 2. The van der Waals surface area contributed by atoms with Crippen LogP contribution in [0.1, 0.15) is 32.7 Å². The smallest absolute Gasteiger partial charge is 0.326 e. The highest BCUT2D eigenvalue weighted by Crippen LogP contribution is 2.17. The van der Waals surface area contributed by atoms with Crippen molar-refractivity contribution < 1.29 is 19.5 Å². The molecule has 0 saturated carbocycles. The fourth-order valence-electron chi connectivity index (χ4n) is 2.42. The molecule has 0 bridgehead atoms. The summed E-state index contributed by atoms with van der Waals surface area (Å²) in [6, 6.07) is 12.6. The molecule has 0 heterocycles. The van der Waals surface area contributed by atoms with Crippen LogP contribution >= 0.6 is 11.8 Å². The molecule has 2 aromatic carbocycles. The molecule has 142 valence electrons. The first-order chi connectivity index (χ1) is 12.9. The number of aryl methyl sites for hydroxylation is 1. The highest BCUT2D eigenvalue weighted by atomic mass is 32.2. The minimum atomic E-state index is -1.08. The van der Waals surface area contributed by atoms with Crippen LogP contribution in [0.2, 0.25) is 0 Å². The highest BCUT2D eigenvalue weighted by Gasteiger charge is 2.22. The average molecular weight is 386 g/mol. The van der Waals surface area contributed by atoms with Crippen LogP contribution in [0.5, 0.6) is 0 Å². The molecule has 3 N–H and O–H groups in total. The van der Waals surface area contributed by atoms with Gasteiger partial charge in [0.15, 0.2) is 0 Å². The van der Waals surface area contributed by atoms with E-state index in [1.54, 1.807) is 36.4 Å². The Hall–Kier alpha value is -2.80. The van der Waals surface area contributed by atoms with Gasteiger partial charge in [-0.15, -0.1) is 0 Å². The van der Waals surface area contributed by atoms with E-state index in [1.165, 1.54) is 11.8 Å². The van der Waals surface area contributed by atoms with Crippen molar-refractivity contribution in [3.8, 4) is 0 Å². The number of carbonyl (C=O) groups is 3. The van der Waals surface area contributed by atoms with Crippen molar-refractivity contribution in [1.82, 2.24) is 5.32 Å². The zero-order valence-corrected chi connectivity index (χ0v) is 16.0. The van der Waals surface area contributed by atoms with Gasteiger partial charge in [-0.05, 0) is 49.6 Å². The first-order valence-electron chi connectivity index (χ1n) is 8.42. The van der Waals surface area contributed by atoms with Crippen molar-refractivity contribution in [3.63, 3.8) is 0 Å². The van der Waals surface area contributed by atoms with E-state index >= 15 is 0 Å². The van der Waals surface area contributed by atoms with Crippen molar-refractivity contribution in [2.45, 2.75) is 19.4 Å². The summed E-state index contributed by atoms with van der Waals surface area (Å²) in [4.78, 5) is 36.4. The summed E-state index contributed by atoms with van der Waals surface area (Å²) in [5.41, 5.74) is 2.05. The second-order valence-electron chi connectivity index (χ2n) is 6.01. The predicted octanol–water partition coefficient (Wildman–Crippen LogP) is 3.18. The highest BCUT2D eigenvalue weighted by molar-refractivity contribution is 7.98. The number of benzene rings is 2. The summed E-state index contributed by atoms with van der Waals surface area (Å²) in [6.45, 7) is 1.93. The van der Waals surface area contributed by atoms with Crippen molar-refractivity contribution in [3.05, 3.63) is 65.2 Å². The first kappa shape index (κ1) is 20.5. The number of para-hydroxylation sites is 1. The molecule has 2 amide bonds. The molecule has 1 unspecified atom stereocenters. The van der Waals surface area contributed by atoms with E-state index in [1.807, 2.05) is 25.3 Å². The second kappa shape index (κ2) is 9.78. The maximum absolute atomic E-state index is 12.6. The molecule has 7 heteroatoms. The number of hydrogen-bond donors (Lipinski definition) is 3. The Morgan fingerprint density at radius 3 is 2.33 bits per heavy atom. The lowest BCUT2D eigenvalue weighted by Gasteiger charge is -2.16. The fraction of sp³-hybridized carbons (Fsp3) is 0.250. The molecule has 0 radical (unpaired) electrons. The van der Waals surface area contributed by atoms with Gasteiger partial charge in [-0.3, -0.25) is 9.59 Å². The monoisotopic (exact) mass is 386 g/mol. The van der Waals surface area contributed by atoms with Crippen LogP contribution < -0.4 is 10.6 Å². The van der Waals surface area contributed by atoms with E-state index in [2.05, 4.69) is 10.6 Å². The minimum Gasteiger partial charge on any atom is -0.480 e. The molecule has 2 aromatic rings. The third kappa shape index (κ3) is 5.86. The fourth-order valence-corrected chi connectivity index (χ4v) is 2.89. The van der Waals surface area contributed by atoms with Crippen molar-refractivity contribution in [2.75, 3.05) is 17.3 Å². The standard InChI is InChI=1S/C20H22N2O4S/c1-13-7-9-14(10-8-13)18(23)21-16-6-4-3-5-15(16)19(24)22-17(20(25)26)11-12-27-2/h3-10,17H,11-12H2,1-2H3,(H,21,23)(H,22,24)(H,25,26). The largest absolute Gasteiger partial charge is 0.480 e. The predicted molar refractivity (Wildman–Crippen MR) is 107 cm³/mol. The maximum atomic E-state index is 12.6. The topological polar surface area (TPSA) is 95.5 Å². The van der Waals surface area contributed by atoms with Crippen LogP contribution in [0.15, 0.2) is 48.5 Å². The van der Waals surface area contributed by atoms with Gasteiger partial charge in [0.2, 0.25) is 0 Å². The van der Waals surface area contributed by atoms with Gasteiger partial charge in [-0.1, -0.05) is 29.8 Å². The van der Waals surface area contributed by atoms with E-state index < -0.39 is 17.9 Å². The summed E-state index contributed by atoms with van der Waals surface area (Å²) in [5.74, 6) is -1.35. The van der Waals surface area contributed by atoms with E-state index in [4.69, 9.17) is 0 Å². The Morgan fingerprint density at radius 2 is 1.70 bits per heavy atom. The van der Waals surface area contributed by atoms with Gasteiger partial charge >= 0.3 is 5.97 Å². The number of carbonyl (C=O) groups excluding carboxylic acids is 2. The van der Waals surface area contributed by atoms with Gasteiger partial charge in [-0.2, -0.15) is 11.8 Å². The van der Waals surface area contributed by atoms with Crippen LogP contribution in [-0.2, 0) is 4.79 Å². The molecule has 0 fully saturated rings. The molecule has 6 nitrogen and oxygen atoms in total. The Balaban J connectivity index is 2.16. The quantitative estimate of drug-likeness (QED) is 0.648. The van der Waals surface area contributed by atoms with Gasteiger partial charge in [-0.25, -0.2) is 4.79 Å². The summed E-state index contributed by atoms with van der Waals surface area (Å²) < 4.78 is 0. The van der Waals surface area contributed by atoms with E-state index in [-0.39, 0.29) is 11.5 Å². The Labute approximate surface area is 162 Å². The molecule has 0 aliphatic rings. The van der Waals surface area contributed by atoms with Gasteiger partial charge in [0.05, 0.1) is 11.3 Å². The van der Waals surface area contributed by atoms with E-state index in [0.29, 0.717) is 23.4 Å². The van der Waals surface area contributed by atoms with Crippen molar-refractivity contribution in [1.29, 1.82) is 0 Å². The Kier molecular flexibility index (Phi) is 7.43. The van der Waals surface area contributed by atoms with E-state index in [9.17, 15) is 19.5 Å². The molecule has 1 atom stereocenters. The maximum Gasteiger partial charge on any atom is 0.326 e. The average Bonchev–Trinajstić information content (AvgIpc) is 2.65. The Bertz CT molecular complexity index is 821. The number of carboxylic acid groups (broad SMARTS) is 1. The van der Waals surface area contributed by atoms with Gasteiger partial charge < -0.3 is 15.7 Å². The molecule has 27 heavy (non-hydrogen) atoms. The molecular formula is C20H22N2O4S. The van der Waals surface area contributed by atoms with Crippen LogP contribution in [0.3, 0.4) is 0 Å². The van der Waals surface area contributed by atoms with Gasteiger partial charge in [0, 0.05) is 5.56 Å². The number of carboxylic acids is 1. The van der Waals surface area contributed by atoms with Crippen molar-refractivity contribution >= 4 is 35.2 Å². The number of thioether (sulfide) groups is 1. The molecule has 2 rings (SSSR count). The third-order valence-electron chi connectivity index (χ3n) is 3.95. The third-order valence-corrected chi connectivity index (χ3v) is 4.59. The summed E-state index contributed by atoms with van der Waals surface area (Å²) in [7, 11) is 0. The lowest BCUT2D eigenvalue weighted by atomic mass is 10.1. The SMILES string of the molecule is CSCCC(NC(=O)c1ccccc1NC(=O)c1ccc(C)cc1)C(=O)O. The molecular weight excluding hydrogens is 364 g/mol. The Morgan fingerprint density at radius 1 is 1.04 bits per heavy atom. The van der Waals surface area contributed by atoms with Crippen LogP contribution in [0.4, 0.5) is 5.69 Å². The summed E-state index contributed by atoms with van der Waals surface area (Å²) >= 11 is 1.51. The minimum absolute atomic E-state index is 0.216. The lowest BCUT2D eigenvalue weighted by Crippen LogP contribution is -2.41. The molecule has 0 aliphatic carbocycles. The number of anilines is 1. The van der Waals surface area contributed by atoms with Gasteiger partial charge in [0.25, 0.3) is 11.8 Å². The molecule has 0 aliphatic heterocycles. The second-order valence-corrected chi connectivity index (χ2v) is 7.00. The van der Waals surface area contributed by atoms with Crippen molar-refractivity contribution in [2.24, 2.45) is 0 Å². The zero-order valence-electron chi connectivity index (χ0n) is 15.2. The lowest BCUT2D eigenvalue weighted by molar-refractivity contribution is -0.139.